The molecule has 0 aromatic heterocycles. The van der Waals surface area contributed by atoms with Crippen LogP contribution in [0.3, 0.4) is 0 Å². The molecule has 128 valence electrons. The molecule has 1 aromatic rings. The fourth-order valence-corrected chi connectivity index (χ4v) is 4.83. The second-order valence-corrected chi connectivity index (χ2v) is 8.24. The van der Waals surface area contributed by atoms with Gasteiger partial charge in [-0.1, -0.05) is 30.3 Å². The van der Waals surface area contributed by atoms with Crippen molar-refractivity contribution < 1.29 is 19.5 Å². The maximum atomic E-state index is 12.3. The number of β-lactam (4-membered cyclic amide) rings is 1. The predicted octanol–water partition coefficient (Wildman–Crippen LogP) is 0.318. The van der Waals surface area contributed by atoms with Crippen molar-refractivity contribution in [3.63, 3.8) is 0 Å². The number of amides is 2. The van der Waals surface area contributed by atoms with Crippen molar-refractivity contribution in [2.45, 2.75) is 42.1 Å². The van der Waals surface area contributed by atoms with Gasteiger partial charge < -0.3 is 21.1 Å². The molecule has 0 bridgehead atoms. The van der Waals surface area contributed by atoms with E-state index >= 15 is 0 Å². The van der Waals surface area contributed by atoms with Gasteiger partial charge in [0.25, 0.3) is 0 Å². The quantitative estimate of drug-likeness (QED) is 0.675. The second-order valence-electron chi connectivity index (χ2n) is 6.47. The molecule has 2 fully saturated rings. The van der Waals surface area contributed by atoms with Crippen LogP contribution in [0.4, 0.5) is 0 Å². The minimum Gasteiger partial charge on any atom is -0.480 e. The van der Waals surface area contributed by atoms with Gasteiger partial charge >= 0.3 is 5.97 Å². The van der Waals surface area contributed by atoms with E-state index in [1.54, 1.807) is 38.1 Å². The highest BCUT2D eigenvalue weighted by molar-refractivity contribution is 8.01. The molecule has 3 rings (SSSR count). The summed E-state index contributed by atoms with van der Waals surface area (Å²) in [6.45, 7) is 3.58. The molecule has 2 amide bonds. The summed E-state index contributed by atoms with van der Waals surface area (Å²) in [5, 5.41) is 11.7. The number of aliphatic carboxylic acids is 1. The molecule has 4 atom stereocenters. The summed E-state index contributed by atoms with van der Waals surface area (Å²) in [6, 6.07) is 6.38. The van der Waals surface area contributed by atoms with Crippen LogP contribution >= 0.6 is 11.8 Å². The fourth-order valence-electron chi connectivity index (χ4n) is 3.20. The van der Waals surface area contributed by atoms with Crippen LogP contribution in [0.25, 0.3) is 0 Å². The summed E-state index contributed by atoms with van der Waals surface area (Å²) in [6.07, 6.45) is 0. The third-order valence-corrected chi connectivity index (χ3v) is 5.99. The number of benzene rings is 1. The van der Waals surface area contributed by atoms with Crippen LogP contribution in [0.5, 0.6) is 0 Å². The Labute approximate surface area is 143 Å². The third kappa shape index (κ3) is 2.55. The highest BCUT2D eigenvalue weighted by atomic mass is 32.2. The van der Waals surface area contributed by atoms with Gasteiger partial charge in [0.1, 0.15) is 23.5 Å². The number of nitrogens with zero attached hydrogens (tertiary/aromatic N) is 1. The Hall–Kier alpha value is -2.06. The van der Waals surface area contributed by atoms with Gasteiger partial charge in [-0.3, -0.25) is 9.59 Å². The van der Waals surface area contributed by atoms with Crippen LogP contribution in [0.2, 0.25) is 0 Å². The maximum Gasteiger partial charge on any atom is 0.327 e. The Morgan fingerprint density at radius 2 is 1.96 bits per heavy atom. The zero-order chi connectivity index (χ0) is 17.6. The summed E-state index contributed by atoms with van der Waals surface area (Å²) >= 11 is 1.38. The number of hydrogen-bond donors (Lipinski definition) is 3. The number of thioether (sulfide) groups is 1. The number of hydrogen-bond acceptors (Lipinski definition) is 5. The van der Waals surface area contributed by atoms with E-state index in [9.17, 15) is 19.5 Å². The summed E-state index contributed by atoms with van der Waals surface area (Å²) in [4.78, 5) is 37.5. The van der Waals surface area contributed by atoms with Crippen LogP contribution in [-0.4, -0.2) is 50.0 Å². The SMILES string of the molecule is CC1(C)S[C@@H]2C(NC(=O)C(N)c3ccccc3)C(=O)N2[C@H]1C(=O)O. The van der Waals surface area contributed by atoms with Crippen LogP contribution in [0.1, 0.15) is 25.5 Å². The Kier molecular flexibility index (Phi) is 4.05. The Morgan fingerprint density at radius 1 is 1.33 bits per heavy atom. The van der Waals surface area contributed by atoms with Gasteiger partial charge in [0, 0.05) is 4.75 Å². The lowest BCUT2D eigenvalue weighted by Crippen LogP contribution is -2.71. The minimum absolute atomic E-state index is 0.375. The number of carbonyl (C=O) groups is 3. The van der Waals surface area contributed by atoms with E-state index in [0.717, 1.165) is 0 Å². The molecule has 7 nitrogen and oxygen atoms in total. The van der Waals surface area contributed by atoms with Gasteiger partial charge in [-0.15, -0.1) is 11.8 Å². The van der Waals surface area contributed by atoms with Crippen molar-refractivity contribution >= 4 is 29.5 Å². The number of nitrogens with one attached hydrogen (secondary N) is 1. The summed E-state index contributed by atoms with van der Waals surface area (Å²) in [7, 11) is 0. The van der Waals surface area contributed by atoms with Gasteiger partial charge in [-0.25, -0.2) is 4.79 Å². The first kappa shape index (κ1) is 16.8. The van der Waals surface area contributed by atoms with E-state index in [1.807, 2.05) is 6.07 Å². The molecule has 8 heteroatoms. The van der Waals surface area contributed by atoms with E-state index in [0.29, 0.717) is 5.56 Å². The van der Waals surface area contributed by atoms with E-state index in [4.69, 9.17) is 5.73 Å². The maximum absolute atomic E-state index is 12.3. The van der Waals surface area contributed by atoms with Crippen LogP contribution in [-0.2, 0) is 14.4 Å². The number of carboxylic acids is 1. The first-order valence-corrected chi connectivity index (χ1v) is 8.45. The van der Waals surface area contributed by atoms with E-state index in [2.05, 4.69) is 5.32 Å². The molecule has 0 saturated carbocycles. The van der Waals surface area contributed by atoms with Crippen molar-refractivity contribution in [1.82, 2.24) is 10.2 Å². The standard InChI is InChI=1S/C16H19N3O4S/c1-16(2)11(15(22)23)19-13(21)10(14(19)24-16)18-12(20)9(17)8-6-4-3-5-7-8/h3-7,9-11,14H,17H2,1-2H3,(H,18,20)(H,22,23)/t9?,10?,11-,14+/m0/s1. The first-order chi connectivity index (χ1) is 11.2. The highest BCUT2D eigenvalue weighted by Crippen LogP contribution is 2.50. The molecule has 2 unspecified atom stereocenters. The second kappa shape index (κ2) is 5.78. The summed E-state index contributed by atoms with van der Waals surface area (Å²) < 4.78 is -0.618. The van der Waals surface area contributed by atoms with Crippen molar-refractivity contribution in [2.24, 2.45) is 5.73 Å². The Balaban J connectivity index is 1.71. The predicted molar refractivity (Wildman–Crippen MR) is 89.0 cm³/mol. The van der Waals surface area contributed by atoms with Crippen molar-refractivity contribution in [3.05, 3.63) is 35.9 Å². The van der Waals surface area contributed by atoms with Gasteiger partial charge in [0.15, 0.2) is 0 Å². The van der Waals surface area contributed by atoms with Gasteiger partial charge in [-0.2, -0.15) is 0 Å². The molecule has 1 aromatic carbocycles. The zero-order valence-electron chi connectivity index (χ0n) is 13.3. The summed E-state index contributed by atoms with van der Waals surface area (Å²) in [5.41, 5.74) is 6.59. The zero-order valence-corrected chi connectivity index (χ0v) is 14.1. The average Bonchev–Trinajstić information content (AvgIpc) is 2.80. The molecule has 2 heterocycles. The monoisotopic (exact) mass is 349 g/mol. The number of fused-ring (bicyclic) bond motifs is 1. The lowest BCUT2D eigenvalue weighted by atomic mass is 9.95. The number of rotatable bonds is 4. The summed E-state index contributed by atoms with van der Waals surface area (Å²) in [5.74, 6) is -1.86. The minimum atomic E-state index is -1.03. The normalized spacial score (nSPS) is 28.7. The lowest BCUT2D eigenvalue weighted by Gasteiger charge is -2.43. The topological polar surface area (TPSA) is 113 Å². The molecule has 24 heavy (non-hydrogen) atoms. The fraction of sp³-hybridized carbons (Fsp3) is 0.438. The van der Waals surface area contributed by atoms with E-state index in [1.165, 1.54) is 16.7 Å². The molecule has 2 saturated heterocycles. The van der Waals surface area contributed by atoms with Crippen molar-refractivity contribution in [2.75, 3.05) is 0 Å². The van der Waals surface area contributed by atoms with Crippen molar-refractivity contribution in [1.29, 1.82) is 0 Å². The molecule has 2 aliphatic heterocycles. The molecule has 0 radical (unpaired) electrons. The molecule has 4 N–H and O–H groups in total. The smallest absolute Gasteiger partial charge is 0.327 e. The highest BCUT2D eigenvalue weighted by Gasteiger charge is 2.64. The molecular weight excluding hydrogens is 330 g/mol. The molecular formula is C16H19N3O4S. The largest absolute Gasteiger partial charge is 0.480 e. The van der Waals surface area contributed by atoms with Crippen molar-refractivity contribution in [3.8, 4) is 0 Å². The van der Waals surface area contributed by atoms with E-state index in [-0.39, 0.29) is 11.3 Å². The van der Waals surface area contributed by atoms with Crippen LogP contribution < -0.4 is 11.1 Å². The molecule has 2 aliphatic rings. The Morgan fingerprint density at radius 3 is 2.54 bits per heavy atom. The number of carboxylic acid groups (broad SMARTS) is 1. The van der Waals surface area contributed by atoms with Crippen LogP contribution in [0, 0.1) is 0 Å². The average molecular weight is 349 g/mol. The molecule has 0 spiro atoms. The number of carbonyl (C=O) groups excluding carboxylic acids is 2. The van der Waals surface area contributed by atoms with Gasteiger partial charge in [0.2, 0.25) is 11.8 Å². The van der Waals surface area contributed by atoms with Gasteiger partial charge in [-0.05, 0) is 19.4 Å². The Bertz CT molecular complexity index is 694. The van der Waals surface area contributed by atoms with Crippen LogP contribution in [0.15, 0.2) is 30.3 Å². The number of nitrogens with two attached hydrogens (primary N) is 1. The first-order valence-electron chi connectivity index (χ1n) is 7.58. The van der Waals surface area contributed by atoms with E-state index < -0.39 is 34.7 Å². The lowest BCUT2D eigenvalue weighted by molar-refractivity contribution is -0.161. The third-order valence-electron chi connectivity index (χ3n) is 4.41. The van der Waals surface area contributed by atoms with Gasteiger partial charge in [0.05, 0.1) is 0 Å². The molecule has 0 aliphatic carbocycles.